The lowest BCUT2D eigenvalue weighted by Gasteiger charge is -2.33. The van der Waals surface area contributed by atoms with Crippen molar-refractivity contribution >= 4 is 0 Å². The van der Waals surface area contributed by atoms with E-state index in [0.29, 0.717) is 6.17 Å². The van der Waals surface area contributed by atoms with Crippen LogP contribution in [-0.4, -0.2) is 29.1 Å². The molecule has 0 radical (unpaired) electrons. The van der Waals surface area contributed by atoms with E-state index in [1.165, 1.54) is 199 Å². The van der Waals surface area contributed by atoms with Crippen LogP contribution in [0.3, 0.4) is 0 Å². The largest absolute Gasteiger partial charge is 0.356 e. The van der Waals surface area contributed by atoms with Crippen LogP contribution in [0.5, 0.6) is 0 Å². The van der Waals surface area contributed by atoms with Gasteiger partial charge in [0.25, 0.3) is 0 Å². The summed E-state index contributed by atoms with van der Waals surface area (Å²) < 4.78 is 0. The van der Waals surface area contributed by atoms with E-state index in [-0.39, 0.29) is 0 Å². The SMILES string of the molecule is CCCCCCCCCCCCCCCCCN1C=CN(CCCCC)C1CCCCCCCCCCCC. The fraction of sp³-hybridized carbons (Fsp3) is 0.946. The molecule has 0 saturated carbocycles. The van der Waals surface area contributed by atoms with Crippen LogP contribution in [0.1, 0.15) is 207 Å². The highest BCUT2D eigenvalue weighted by Gasteiger charge is 2.24. The van der Waals surface area contributed by atoms with Gasteiger partial charge in [0.2, 0.25) is 0 Å². The van der Waals surface area contributed by atoms with Crippen LogP contribution in [-0.2, 0) is 0 Å². The summed E-state index contributed by atoms with van der Waals surface area (Å²) in [6.45, 7) is 9.46. The zero-order valence-electron chi connectivity index (χ0n) is 27.5. The zero-order chi connectivity index (χ0) is 28.1. The third-order valence-electron chi connectivity index (χ3n) is 9.07. The molecule has 2 nitrogen and oxygen atoms in total. The van der Waals surface area contributed by atoms with E-state index in [2.05, 4.69) is 43.0 Å². The zero-order valence-corrected chi connectivity index (χ0v) is 27.5. The predicted molar refractivity (Wildman–Crippen MR) is 177 cm³/mol. The first-order valence-corrected chi connectivity index (χ1v) is 18.5. The fourth-order valence-electron chi connectivity index (χ4n) is 6.36. The first kappa shape index (κ1) is 36.4. The second-order valence-corrected chi connectivity index (χ2v) is 12.9. The molecule has 1 heterocycles. The Labute approximate surface area is 248 Å². The van der Waals surface area contributed by atoms with Crippen LogP contribution in [0.15, 0.2) is 12.4 Å². The summed E-state index contributed by atoms with van der Waals surface area (Å²) in [5.74, 6) is 0. The van der Waals surface area contributed by atoms with Gasteiger partial charge in [-0.15, -0.1) is 0 Å². The van der Waals surface area contributed by atoms with Crippen LogP contribution in [0, 0.1) is 0 Å². The topological polar surface area (TPSA) is 6.48 Å². The van der Waals surface area contributed by atoms with Gasteiger partial charge in [-0.05, 0) is 25.7 Å². The fourth-order valence-corrected chi connectivity index (χ4v) is 6.36. The predicted octanol–water partition coefficient (Wildman–Crippen LogP) is 12.8. The average molecular weight is 547 g/mol. The van der Waals surface area contributed by atoms with Crippen molar-refractivity contribution in [2.75, 3.05) is 13.1 Å². The van der Waals surface area contributed by atoms with Gasteiger partial charge in [-0.25, -0.2) is 0 Å². The molecule has 0 fully saturated rings. The minimum Gasteiger partial charge on any atom is -0.356 e. The Kier molecular flexibility index (Phi) is 26.9. The Morgan fingerprint density at radius 2 is 0.590 bits per heavy atom. The van der Waals surface area contributed by atoms with Crippen LogP contribution in [0.4, 0.5) is 0 Å². The number of nitrogens with zero attached hydrogens (tertiary/aromatic N) is 2. The normalized spacial score (nSPS) is 15.2. The molecule has 39 heavy (non-hydrogen) atoms. The second kappa shape index (κ2) is 28.9. The molecule has 232 valence electrons. The molecule has 0 spiro atoms. The van der Waals surface area contributed by atoms with Gasteiger partial charge in [0.1, 0.15) is 6.17 Å². The Bertz CT molecular complexity index is 502. The maximum Gasteiger partial charge on any atom is 0.101 e. The summed E-state index contributed by atoms with van der Waals surface area (Å²) in [6, 6.07) is 0. The van der Waals surface area contributed by atoms with Gasteiger partial charge >= 0.3 is 0 Å². The summed E-state index contributed by atoms with van der Waals surface area (Å²) in [5, 5.41) is 0. The van der Waals surface area contributed by atoms with Gasteiger partial charge in [0.15, 0.2) is 0 Å². The number of hydrogen-bond donors (Lipinski definition) is 0. The highest BCUT2D eigenvalue weighted by molar-refractivity contribution is 4.97. The highest BCUT2D eigenvalue weighted by Crippen LogP contribution is 2.24. The van der Waals surface area contributed by atoms with E-state index in [9.17, 15) is 0 Å². The van der Waals surface area contributed by atoms with Gasteiger partial charge in [-0.3, -0.25) is 0 Å². The quantitative estimate of drug-likeness (QED) is 0.0798. The summed E-state index contributed by atoms with van der Waals surface area (Å²) in [4.78, 5) is 5.37. The van der Waals surface area contributed by atoms with Crippen LogP contribution in [0.25, 0.3) is 0 Å². The first-order valence-electron chi connectivity index (χ1n) is 18.5. The van der Waals surface area contributed by atoms with E-state index >= 15 is 0 Å². The molecule has 0 amide bonds. The Balaban J connectivity index is 2.08. The van der Waals surface area contributed by atoms with E-state index in [1.807, 2.05) is 0 Å². The third-order valence-corrected chi connectivity index (χ3v) is 9.07. The van der Waals surface area contributed by atoms with Crippen molar-refractivity contribution in [3.63, 3.8) is 0 Å². The molecule has 0 aliphatic carbocycles. The molecule has 0 aromatic carbocycles. The molecular formula is C37H74N2. The minimum absolute atomic E-state index is 0.641. The maximum absolute atomic E-state index is 2.70. The lowest BCUT2D eigenvalue weighted by atomic mass is 10.0. The molecule has 0 aromatic heterocycles. The molecule has 1 unspecified atom stereocenters. The number of unbranched alkanes of at least 4 members (excludes halogenated alkanes) is 25. The van der Waals surface area contributed by atoms with Gasteiger partial charge in [0.05, 0.1) is 0 Å². The summed E-state index contributed by atoms with van der Waals surface area (Å²) in [7, 11) is 0. The molecule has 1 aliphatic rings. The van der Waals surface area contributed by atoms with Crippen molar-refractivity contribution in [2.45, 2.75) is 213 Å². The van der Waals surface area contributed by atoms with Crippen molar-refractivity contribution < 1.29 is 0 Å². The molecule has 0 saturated heterocycles. The van der Waals surface area contributed by atoms with E-state index in [4.69, 9.17) is 0 Å². The van der Waals surface area contributed by atoms with Gasteiger partial charge in [0, 0.05) is 25.5 Å². The first-order chi connectivity index (χ1) is 19.3. The third kappa shape index (κ3) is 21.7. The average Bonchev–Trinajstić information content (AvgIpc) is 3.33. The van der Waals surface area contributed by atoms with Crippen molar-refractivity contribution in [3.05, 3.63) is 12.4 Å². The lowest BCUT2D eigenvalue weighted by molar-refractivity contribution is 0.135. The monoisotopic (exact) mass is 547 g/mol. The smallest absolute Gasteiger partial charge is 0.101 e. The van der Waals surface area contributed by atoms with E-state index in [1.54, 1.807) is 0 Å². The van der Waals surface area contributed by atoms with Crippen LogP contribution >= 0.6 is 0 Å². The van der Waals surface area contributed by atoms with Gasteiger partial charge in [-0.2, -0.15) is 0 Å². The van der Waals surface area contributed by atoms with E-state index in [0.717, 1.165) is 0 Å². The molecule has 1 atom stereocenters. The maximum atomic E-state index is 2.70. The molecular weight excluding hydrogens is 472 g/mol. The standard InChI is InChI=1S/C37H74N2/c1-4-7-10-12-14-16-18-19-20-21-22-24-26-28-31-34-39-36-35-38(33-30-9-6-3)37(39)32-29-27-25-23-17-15-13-11-8-5-2/h35-37H,4-34H2,1-3H3. The van der Waals surface area contributed by atoms with Crippen molar-refractivity contribution in [3.8, 4) is 0 Å². The van der Waals surface area contributed by atoms with Gasteiger partial charge < -0.3 is 9.80 Å². The lowest BCUT2D eigenvalue weighted by Crippen LogP contribution is -2.39. The minimum atomic E-state index is 0.641. The van der Waals surface area contributed by atoms with Crippen molar-refractivity contribution in [1.82, 2.24) is 9.80 Å². The summed E-state index contributed by atoms with van der Waals surface area (Å²) in [6.07, 6.45) is 47.0. The molecule has 2 heteroatoms. The molecule has 1 rings (SSSR count). The summed E-state index contributed by atoms with van der Waals surface area (Å²) >= 11 is 0. The van der Waals surface area contributed by atoms with Crippen LogP contribution in [0.2, 0.25) is 0 Å². The molecule has 0 N–H and O–H groups in total. The number of hydrogen-bond acceptors (Lipinski definition) is 2. The Hall–Kier alpha value is -0.660. The molecule has 0 aromatic rings. The number of rotatable bonds is 31. The van der Waals surface area contributed by atoms with Crippen molar-refractivity contribution in [1.29, 1.82) is 0 Å². The van der Waals surface area contributed by atoms with E-state index < -0.39 is 0 Å². The molecule has 1 aliphatic heterocycles. The van der Waals surface area contributed by atoms with Gasteiger partial charge in [-0.1, -0.05) is 181 Å². The summed E-state index contributed by atoms with van der Waals surface area (Å²) in [5.41, 5.74) is 0. The second-order valence-electron chi connectivity index (χ2n) is 12.9. The Morgan fingerprint density at radius 1 is 0.333 bits per heavy atom. The van der Waals surface area contributed by atoms with Crippen molar-refractivity contribution in [2.24, 2.45) is 0 Å². The Morgan fingerprint density at radius 3 is 0.949 bits per heavy atom. The van der Waals surface area contributed by atoms with Crippen LogP contribution < -0.4 is 0 Å². The molecule has 0 bridgehead atoms. The highest BCUT2D eigenvalue weighted by atomic mass is 15.4.